The van der Waals surface area contributed by atoms with E-state index in [1.807, 2.05) is 0 Å². The van der Waals surface area contributed by atoms with Crippen LogP contribution in [0.5, 0.6) is 0 Å². The minimum absolute atomic E-state index is 0.377. The largest absolute Gasteiger partial charge is 0.473 e. The monoisotopic (exact) mass is 456 g/mol. The van der Waals surface area contributed by atoms with Gasteiger partial charge in [0.25, 0.3) is 0 Å². The molecule has 1 aromatic carbocycles. The molecule has 7 nitrogen and oxygen atoms in total. The Morgan fingerprint density at radius 3 is 2.11 bits per heavy atom. The van der Waals surface area contributed by atoms with E-state index in [4.69, 9.17) is 24.5 Å². The van der Waals surface area contributed by atoms with Crippen molar-refractivity contribution in [1.82, 2.24) is 9.80 Å². The van der Waals surface area contributed by atoms with Gasteiger partial charge in [-0.25, -0.2) is 9.59 Å². The number of rotatable bonds is 3. The summed E-state index contributed by atoms with van der Waals surface area (Å²) in [5.41, 5.74) is 1.40. The highest BCUT2D eigenvalue weighted by molar-refractivity contribution is 9.10. The Balaban J connectivity index is 0.000000409. The van der Waals surface area contributed by atoms with Crippen LogP contribution in [0.25, 0.3) is 0 Å². The second kappa shape index (κ2) is 10.9. The highest BCUT2D eigenvalue weighted by Crippen LogP contribution is 2.24. The van der Waals surface area contributed by atoms with E-state index in [9.17, 15) is 0 Å². The van der Waals surface area contributed by atoms with Crippen LogP contribution in [0.4, 0.5) is 0 Å². The lowest BCUT2D eigenvalue weighted by atomic mass is 10.0. The topological polar surface area (TPSA) is 90.3 Å². The Morgan fingerprint density at radius 2 is 1.61 bits per heavy atom. The van der Waals surface area contributed by atoms with Crippen molar-refractivity contribution in [3.05, 3.63) is 34.3 Å². The third-order valence-electron chi connectivity index (χ3n) is 5.06. The number of morpholine rings is 1. The van der Waals surface area contributed by atoms with Crippen LogP contribution in [0.2, 0.25) is 0 Å². The minimum Gasteiger partial charge on any atom is -0.473 e. The molecule has 2 saturated heterocycles. The fourth-order valence-corrected chi connectivity index (χ4v) is 4.24. The molecule has 3 rings (SSSR count). The van der Waals surface area contributed by atoms with Gasteiger partial charge in [-0.05, 0) is 51.4 Å². The molecule has 28 heavy (non-hydrogen) atoms. The molecule has 0 saturated carbocycles. The van der Waals surface area contributed by atoms with Crippen molar-refractivity contribution in [2.75, 3.05) is 26.2 Å². The highest BCUT2D eigenvalue weighted by Gasteiger charge is 2.30. The zero-order chi connectivity index (χ0) is 20.7. The van der Waals surface area contributed by atoms with E-state index in [2.05, 4.69) is 63.8 Å². The molecule has 8 heteroatoms. The number of carboxylic acid groups (broad SMARTS) is 2. The third-order valence-corrected chi connectivity index (χ3v) is 5.83. The molecule has 0 bridgehead atoms. The number of likely N-dealkylation sites (tertiary alicyclic amines) is 1. The molecule has 0 spiro atoms. The van der Waals surface area contributed by atoms with Gasteiger partial charge in [0.15, 0.2) is 0 Å². The summed E-state index contributed by atoms with van der Waals surface area (Å²) in [4.78, 5) is 23.4. The highest BCUT2D eigenvalue weighted by atomic mass is 79.9. The van der Waals surface area contributed by atoms with Crippen LogP contribution in [0.3, 0.4) is 0 Å². The second-order valence-corrected chi connectivity index (χ2v) is 8.27. The van der Waals surface area contributed by atoms with Crippen molar-refractivity contribution < 1.29 is 24.5 Å². The molecule has 2 heterocycles. The lowest BCUT2D eigenvalue weighted by Crippen LogP contribution is -2.53. The fourth-order valence-electron chi connectivity index (χ4n) is 3.83. The van der Waals surface area contributed by atoms with E-state index in [1.165, 1.54) is 36.0 Å². The van der Waals surface area contributed by atoms with Crippen LogP contribution >= 0.6 is 15.9 Å². The number of ether oxygens (including phenoxy) is 1. The fraction of sp³-hybridized carbons (Fsp3) is 0.600. The molecule has 2 atom stereocenters. The van der Waals surface area contributed by atoms with Crippen molar-refractivity contribution in [2.45, 2.75) is 51.5 Å². The molecule has 0 aromatic heterocycles. The van der Waals surface area contributed by atoms with Crippen LogP contribution < -0.4 is 0 Å². The lowest BCUT2D eigenvalue weighted by molar-refractivity contribution is -0.159. The summed E-state index contributed by atoms with van der Waals surface area (Å²) >= 11 is 3.66. The van der Waals surface area contributed by atoms with Gasteiger partial charge in [-0.2, -0.15) is 0 Å². The van der Waals surface area contributed by atoms with Crippen molar-refractivity contribution in [2.24, 2.45) is 0 Å². The molecule has 2 N–H and O–H groups in total. The predicted octanol–water partition coefficient (Wildman–Crippen LogP) is 2.68. The molecule has 2 aliphatic rings. The van der Waals surface area contributed by atoms with Gasteiger partial charge in [-0.1, -0.05) is 34.1 Å². The zero-order valence-corrected chi connectivity index (χ0v) is 18.0. The van der Waals surface area contributed by atoms with E-state index in [0.29, 0.717) is 12.2 Å². The minimum atomic E-state index is -1.82. The molecular weight excluding hydrogens is 428 g/mol. The molecular formula is C20H29BrN2O5. The third kappa shape index (κ3) is 7.16. The number of hydrogen-bond acceptors (Lipinski definition) is 5. The van der Waals surface area contributed by atoms with Crippen LogP contribution in [-0.2, 0) is 20.9 Å². The standard InChI is InChI=1S/C18H27BrN2O.C2H2O4/c1-14-11-21(12-15(2)22-14)17-7-9-20(10-8-17)13-16-5-3-4-6-18(16)19;3-1(4)2(5)6/h3-6,14-15,17H,7-13H2,1-2H3;(H,3,4)(H,5,6). The number of halogens is 1. The van der Waals surface area contributed by atoms with Crippen molar-refractivity contribution in [3.63, 3.8) is 0 Å². The normalized spacial score (nSPS) is 24.2. The lowest BCUT2D eigenvalue weighted by Gasteiger charge is -2.43. The molecule has 2 unspecified atom stereocenters. The number of aliphatic carboxylic acids is 2. The van der Waals surface area contributed by atoms with Gasteiger partial charge in [-0.3, -0.25) is 9.80 Å². The number of nitrogens with zero attached hydrogens (tertiary/aromatic N) is 2. The van der Waals surface area contributed by atoms with E-state index >= 15 is 0 Å². The van der Waals surface area contributed by atoms with Gasteiger partial charge in [0.05, 0.1) is 12.2 Å². The van der Waals surface area contributed by atoms with Gasteiger partial charge in [0.1, 0.15) is 0 Å². The van der Waals surface area contributed by atoms with Crippen LogP contribution in [0.15, 0.2) is 28.7 Å². The first-order chi connectivity index (χ1) is 13.3. The summed E-state index contributed by atoms with van der Waals surface area (Å²) in [6, 6.07) is 9.31. The van der Waals surface area contributed by atoms with E-state index < -0.39 is 11.9 Å². The number of benzene rings is 1. The van der Waals surface area contributed by atoms with Crippen molar-refractivity contribution >= 4 is 27.9 Å². The Kier molecular flexibility index (Phi) is 8.88. The first kappa shape index (κ1) is 22.8. The number of carbonyl (C=O) groups is 2. The smallest absolute Gasteiger partial charge is 0.414 e. The SMILES string of the molecule is CC1CN(C2CCN(Cc3ccccc3Br)CC2)CC(C)O1.O=C(O)C(=O)O. The van der Waals surface area contributed by atoms with E-state index in [0.717, 1.165) is 25.7 Å². The molecule has 0 aliphatic carbocycles. The van der Waals surface area contributed by atoms with Gasteiger partial charge < -0.3 is 14.9 Å². The van der Waals surface area contributed by atoms with E-state index in [1.54, 1.807) is 0 Å². The number of carboxylic acids is 2. The average molecular weight is 457 g/mol. The van der Waals surface area contributed by atoms with Crippen LogP contribution in [0, 0.1) is 0 Å². The maximum atomic E-state index is 9.10. The molecule has 2 aliphatic heterocycles. The van der Waals surface area contributed by atoms with Crippen molar-refractivity contribution in [1.29, 1.82) is 0 Å². The second-order valence-electron chi connectivity index (χ2n) is 7.42. The Labute approximate surface area is 174 Å². The Morgan fingerprint density at radius 1 is 1.07 bits per heavy atom. The first-order valence-corrected chi connectivity index (χ1v) is 10.4. The first-order valence-electron chi connectivity index (χ1n) is 9.57. The maximum Gasteiger partial charge on any atom is 0.414 e. The zero-order valence-electron chi connectivity index (χ0n) is 16.4. The number of hydrogen-bond donors (Lipinski definition) is 2. The predicted molar refractivity (Wildman–Crippen MR) is 109 cm³/mol. The van der Waals surface area contributed by atoms with E-state index in [-0.39, 0.29) is 0 Å². The van der Waals surface area contributed by atoms with Gasteiger partial charge >= 0.3 is 11.9 Å². The van der Waals surface area contributed by atoms with Crippen LogP contribution in [0.1, 0.15) is 32.3 Å². The van der Waals surface area contributed by atoms with Crippen molar-refractivity contribution in [3.8, 4) is 0 Å². The quantitative estimate of drug-likeness (QED) is 0.675. The van der Waals surface area contributed by atoms with Crippen LogP contribution in [-0.4, -0.2) is 76.4 Å². The Bertz CT molecular complexity index is 642. The summed E-state index contributed by atoms with van der Waals surface area (Å²) < 4.78 is 7.09. The maximum absolute atomic E-state index is 9.10. The van der Waals surface area contributed by atoms with Gasteiger partial charge in [0, 0.05) is 30.1 Å². The summed E-state index contributed by atoms with van der Waals surface area (Å²) in [6.45, 7) is 10.1. The number of piperidine rings is 1. The summed E-state index contributed by atoms with van der Waals surface area (Å²) in [7, 11) is 0. The Hall–Kier alpha value is -1.48. The molecule has 1 aromatic rings. The van der Waals surface area contributed by atoms with Gasteiger partial charge in [0.2, 0.25) is 0 Å². The van der Waals surface area contributed by atoms with Gasteiger partial charge in [-0.15, -0.1) is 0 Å². The summed E-state index contributed by atoms with van der Waals surface area (Å²) in [5, 5.41) is 14.8. The molecule has 0 amide bonds. The molecule has 0 radical (unpaired) electrons. The molecule has 156 valence electrons. The summed E-state index contributed by atoms with van der Waals surface area (Å²) in [5.74, 6) is -3.65. The summed E-state index contributed by atoms with van der Waals surface area (Å²) in [6.07, 6.45) is 3.32. The molecule has 2 fully saturated rings. The average Bonchev–Trinajstić information content (AvgIpc) is 2.64.